The van der Waals surface area contributed by atoms with E-state index in [1.54, 1.807) is 5.57 Å². The molecule has 1 saturated heterocycles. The van der Waals surface area contributed by atoms with E-state index in [4.69, 9.17) is 0 Å². The fourth-order valence-electron chi connectivity index (χ4n) is 9.15. The molecule has 284 valence electrons. The van der Waals surface area contributed by atoms with E-state index >= 15 is 0 Å². The van der Waals surface area contributed by atoms with Crippen LogP contribution in [0.2, 0.25) is 0 Å². The fourth-order valence-corrected chi connectivity index (χ4v) is 9.15. The van der Waals surface area contributed by atoms with Crippen molar-refractivity contribution in [2.24, 2.45) is 11.8 Å². The summed E-state index contributed by atoms with van der Waals surface area (Å²) in [6, 6.07) is 18.4. The number of anilines is 2. The van der Waals surface area contributed by atoms with Crippen molar-refractivity contribution in [3.63, 3.8) is 0 Å². The molecule has 2 atom stereocenters. The smallest absolute Gasteiger partial charge is 0.219 e. The van der Waals surface area contributed by atoms with E-state index in [2.05, 4.69) is 142 Å². The van der Waals surface area contributed by atoms with Crippen LogP contribution in [0, 0.1) is 11.8 Å². The van der Waals surface area contributed by atoms with Crippen LogP contribution in [0.15, 0.2) is 84.1 Å². The summed E-state index contributed by atoms with van der Waals surface area (Å²) in [4.78, 5) is 17.6. The average Bonchev–Trinajstić information content (AvgIpc) is 3.64. The lowest BCUT2D eigenvalue weighted by atomic mass is 9.80. The summed E-state index contributed by atoms with van der Waals surface area (Å²) >= 11 is 0. The molecule has 52 heavy (non-hydrogen) atoms. The van der Waals surface area contributed by atoms with Crippen LogP contribution in [0.5, 0.6) is 0 Å². The van der Waals surface area contributed by atoms with Crippen molar-refractivity contribution in [2.75, 3.05) is 42.9 Å². The van der Waals surface area contributed by atoms with Gasteiger partial charge in [0.25, 0.3) is 0 Å². The normalized spacial score (nSPS) is 22.5. The van der Waals surface area contributed by atoms with Crippen molar-refractivity contribution < 1.29 is 4.79 Å². The predicted molar refractivity (Wildman–Crippen MR) is 223 cm³/mol. The van der Waals surface area contributed by atoms with Gasteiger partial charge in [-0.05, 0) is 124 Å². The number of likely N-dealkylation sites (tertiary alicyclic amines) is 1. The molecule has 1 saturated carbocycles. The molecule has 0 aromatic heterocycles. The molecule has 0 bridgehead atoms. The first-order valence-corrected chi connectivity index (χ1v) is 20.9. The highest BCUT2D eigenvalue weighted by Gasteiger charge is 2.40. The predicted octanol–water partition coefficient (Wildman–Crippen LogP) is 10.9. The van der Waals surface area contributed by atoms with E-state index in [0.29, 0.717) is 18.4 Å². The Morgan fingerprint density at radius 1 is 0.923 bits per heavy atom. The molecule has 0 spiro atoms. The Hall–Kier alpha value is -3.31. The lowest BCUT2D eigenvalue weighted by Crippen LogP contribution is -2.43. The van der Waals surface area contributed by atoms with Gasteiger partial charge in [-0.2, -0.15) is 0 Å². The molecule has 5 rings (SSSR count). The molecular formula is C47H70N4O. The minimum atomic E-state index is -0.0180. The van der Waals surface area contributed by atoms with Gasteiger partial charge in [-0.1, -0.05) is 109 Å². The molecular weight excluding hydrogens is 637 g/mol. The Kier molecular flexibility index (Phi) is 14.3. The lowest BCUT2D eigenvalue weighted by molar-refractivity contribution is -0.121. The fraction of sp³-hybridized carbons (Fsp3) is 0.596. The number of piperidine rings is 1. The largest absolute Gasteiger partial charge is 0.385 e. The van der Waals surface area contributed by atoms with Crippen LogP contribution in [-0.2, 0) is 15.6 Å². The summed E-state index contributed by atoms with van der Waals surface area (Å²) in [6.45, 7) is 21.4. The molecule has 5 heteroatoms. The number of para-hydroxylation sites is 2. The van der Waals surface area contributed by atoms with Crippen LogP contribution in [0.3, 0.4) is 0 Å². The van der Waals surface area contributed by atoms with E-state index in [0.717, 1.165) is 77.2 Å². The summed E-state index contributed by atoms with van der Waals surface area (Å²) in [7, 11) is 0. The van der Waals surface area contributed by atoms with Gasteiger partial charge in [-0.25, -0.2) is 0 Å². The van der Waals surface area contributed by atoms with Crippen molar-refractivity contribution >= 4 is 17.3 Å². The van der Waals surface area contributed by atoms with Crippen molar-refractivity contribution in [3.05, 3.63) is 95.2 Å². The second kappa shape index (κ2) is 18.6. The number of nitrogens with zero attached hydrogens (tertiary/aromatic N) is 2. The van der Waals surface area contributed by atoms with Gasteiger partial charge in [-0.3, -0.25) is 9.69 Å². The molecule has 2 aromatic carbocycles. The van der Waals surface area contributed by atoms with E-state index < -0.39 is 0 Å². The van der Waals surface area contributed by atoms with E-state index in [1.807, 2.05) is 0 Å². The molecule has 5 nitrogen and oxygen atoms in total. The van der Waals surface area contributed by atoms with Crippen LogP contribution in [0.25, 0.3) is 0 Å². The Bertz CT molecular complexity index is 1540. The van der Waals surface area contributed by atoms with Crippen LogP contribution in [-0.4, -0.2) is 49.6 Å². The van der Waals surface area contributed by atoms with Crippen molar-refractivity contribution in [1.29, 1.82) is 0 Å². The zero-order chi connectivity index (χ0) is 37.1. The quantitative estimate of drug-likeness (QED) is 0.161. The molecule has 1 aliphatic carbocycles. The van der Waals surface area contributed by atoms with Crippen molar-refractivity contribution in [3.8, 4) is 0 Å². The molecule has 0 radical (unpaired) electrons. The summed E-state index contributed by atoms with van der Waals surface area (Å²) < 4.78 is 0. The standard InChI is InChI=1S/C47H70N4O/c1-8-31-48-41-21-13-11-19-39(41)46(4,5)30-16-18-37-24-25-38(26-27-43-47(6,7)40-20-12-14-22-42(40)51(43)33-10-3)45(37)50-34-28-36(29-35-50)17-15-23-44(52)49-32-9-2/h11-14,16,18-22,26-27,36-37,45,48H,8-10,15,17,23-25,28-35H2,1-7H3,(H,49,52)/b18-16+,38-26+,43-27+. The first-order chi connectivity index (χ1) is 25.1. The first kappa shape index (κ1) is 39.9. The molecule has 1 amide bonds. The first-order valence-electron chi connectivity index (χ1n) is 20.9. The summed E-state index contributed by atoms with van der Waals surface area (Å²) in [5.74, 6) is 1.47. The molecule has 2 unspecified atom stereocenters. The summed E-state index contributed by atoms with van der Waals surface area (Å²) in [5.41, 5.74) is 8.56. The number of hydrogen-bond donors (Lipinski definition) is 2. The molecule has 2 fully saturated rings. The lowest BCUT2D eigenvalue weighted by Gasteiger charge is -2.39. The van der Waals surface area contributed by atoms with Gasteiger partial charge in [0.05, 0.1) is 0 Å². The number of benzene rings is 2. The zero-order valence-electron chi connectivity index (χ0n) is 33.8. The summed E-state index contributed by atoms with van der Waals surface area (Å²) in [5, 5.41) is 6.73. The topological polar surface area (TPSA) is 47.6 Å². The minimum Gasteiger partial charge on any atom is -0.385 e. The van der Waals surface area contributed by atoms with Gasteiger partial charge in [0.1, 0.15) is 0 Å². The maximum atomic E-state index is 12.2. The van der Waals surface area contributed by atoms with Gasteiger partial charge >= 0.3 is 0 Å². The van der Waals surface area contributed by atoms with Crippen molar-refractivity contribution in [1.82, 2.24) is 10.2 Å². The van der Waals surface area contributed by atoms with Crippen LogP contribution < -0.4 is 15.5 Å². The van der Waals surface area contributed by atoms with Crippen molar-refractivity contribution in [2.45, 2.75) is 136 Å². The number of carbonyl (C=O) groups excluding carboxylic acids is 1. The highest BCUT2D eigenvalue weighted by atomic mass is 16.1. The van der Waals surface area contributed by atoms with Gasteiger partial charge < -0.3 is 15.5 Å². The zero-order valence-corrected chi connectivity index (χ0v) is 33.8. The van der Waals surface area contributed by atoms with E-state index in [1.165, 1.54) is 53.9 Å². The third-order valence-corrected chi connectivity index (χ3v) is 12.1. The average molecular weight is 707 g/mol. The number of nitrogens with one attached hydrogen (secondary N) is 2. The molecule has 2 N–H and O–H groups in total. The molecule has 2 heterocycles. The molecule has 3 aliphatic rings. The van der Waals surface area contributed by atoms with Crippen LogP contribution in [0.4, 0.5) is 11.4 Å². The Balaban J connectivity index is 1.35. The number of allylic oxidation sites excluding steroid dienone is 4. The maximum absolute atomic E-state index is 12.2. The van der Waals surface area contributed by atoms with Gasteiger partial charge in [0.2, 0.25) is 5.91 Å². The second-order valence-corrected chi connectivity index (χ2v) is 16.9. The molecule has 2 aliphatic heterocycles. The Morgan fingerprint density at radius 2 is 1.65 bits per heavy atom. The number of fused-ring (bicyclic) bond motifs is 1. The number of rotatable bonds is 17. The van der Waals surface area contributed by atoms with E-state index in [9.17, 15) is 4.79 Å². The number of hydrogen-bond acceptors (Lipinski definition) is 4. The number of amides is 1. The van der Waals surface area contributed by atoms with Gasteiger partial charge in [0, 0.05) is 54.6 Å². The van der Waals surface area contributed by atoms with Gasteiger partial charge in [-0.15, -0.1) is 0 Å². The van der Waals surface area contributed by atoms with Crippen LogP contribution in [0.1, 0.15) is 130 Å². The van der Waals surface area contributed by atoms with Gasteiger partial charge in [0.15, 0.2) is 0 Å². The highest BCUT2D eigenvalue weighted by molar-refractivity contribution is 5.75. The highest BCUT2D eigenvalue weighted by Crippen LogP contribution is 2.48. The second-order valence-electron chi connectivity index (χ2n) is 16.9. The monoisotopic (exact) mass is 707 g/mol. The SMILES string of the molecule is CCCNC(=O)CCCC1CCN(C2/C(=C/C=C3/N(CCC)c4ccccc4C3(C)C)CCC2/C=C/CC(C)(C)c2ccccc2NCCC)CC1. The van der Waals surface area contributed by atoms with Crippen LogP contribution >= 0.6 is 0 Å². The molecule has 2 aromatic rings. The Morgan fingerprint density at radius 3 is 2.40 bits per heavy atom. The van der Waals surface area contributed by atoms with E-state index in [-0.39, 0.29) is 16.7 Å². The minimum absolute atomic E-state index is 0.0180. The third kappa shape index (κ3) is 9.61. The third-order valence-electron chi connectivity index (χ3n) is 12.1. The maximum Gasteiger partial charge on any atom is 0.219 e. The summed E-state index contributed by atoms with van der Waals surface area (Å²) in [6.07, 6.45) is 22.1. The Labute approximate surface area is 317 Å². The number of carbonyl (C=O) groups is 1.